The quantitative estimate of drug-likeness (QED) is 0.864. The maximum absolute atomic E-state index is 9.12. The zero-order valence-corrected chi connectivity index (χ0v) is 10.9. The Kier molecular flexibility index (Phi) is 4.19. The van der Waals surface area contributed by atoms with Gasteiger partial charge in [-0.05, 0) is 35.9 Å². The first-order valence-corrected chi connectivity index (χ1v) is 6.61. The Balaban J connectivity index is 1.91. The molecule has 2 rings (SSSR count). The molecule has 0 spiro atoms. The molecule has 0 amide bonds. The largest absolute Gasteiger partial charge is 0.396 e. The lowest BCUT2D eigenvalue weighted by Crippen LogP contribution is -2.20. The maximum Gasteiger partial charge on any atom is 0.0471 e. The zero-order chi connectivity index (χ0) is 12.3. The monoisotopic (exact) mass is 233 g/mol. The summed E-state index contributed by atoms with van der Waals surface area (Å²) >= 11 is 0. The lowest BCUT2D eigenvalue weighted by Gasteiger charge is -2.16. The number of hydrogen-bond donors (Lipinski definition) is 1. The molecular formula is C15H23NO. The van der Waals surface area contributed by atoms with Gasteiger partial charge in [-0.1, -0.05) is 38.1 Å². The van der Waals surface area contributed by atoms with Gasteiger partial charge in [0.05, 0.1) is 0 Å². The van der Waals surface area contributed by atoms with E-state index in [1.807, 2.05) is 0 Å². The molecule has 0 aromatic heterocycles. The minimum absolute atomic E-state index is 0.336. The fourth-order valence-electron chi connectivity index (χ4n) is 2.47. The Bertz CT molecular complexity index is 344. The van der Waals surface area contributed by atoms with E-state index in [0.717, 1.165) is 26.1 Å². The normalized spacial score (nSPS) is 21.3. The summed E-state index contributed by atoms with van der Waals surface area (Å²) in [4.78, 5) is 2.44. The summed E-state index contributed by atoms with van der Waals surface area (Å²) in [5, 5.41) is 9.12. The molecule has 1 aliphatic heterocycles. The third kappa shape index (κ3) is 3.30. The second-order valence-electron chi connectivity index (χ2n) is 5.47. The predicted molar refractivity (Wildman–Crippen MR) is 71.0 cm³/mol. The molecule has 1 N–H and O–H groups in total. The molecule has 1 fully saturated rings. The van der Waals surface area contributed by atoms with Crippen LogP contribution in [-0.2, 0) is 6.54 Å². The van der Waals surface area contributed by atoms with Gasteiger partial charge in [-0.15, -0.1) is 0 Å². The van der Waals surface area contributed by atoms with Crippen LogP contribution in [0.2, 0.25) is 0 Å². The van der Waals surface area contributed by atoms with E-state index >= 15 is 0 Å². The summed E-state index contributed by atoms with van der Waals surface area (Å²) in [6.45, 7) is 7.97. The van der Waals surface area contributed by atoms with Crippen molar-refractivity contribution in [3.8, 4) is 0 Å². The van der Waals surface area contributed by atoms with Gasteiger partial charge in [0, 0.05) is 19.7 Å². The van der Waals surface area contributed by atoms with E-state index in [4.69, 9.17) is 5.11 Å². The van der Waals surface area contributed by atoms with Crippen LogP contribution in [0.5, 0.6) is 0 Å². The van der Waals surface area contributed by atoms with Gasteiger partial charge in [0.2, 0.25) is 0 Å². The van der Waals surface area contributed by atoms with Crippen molar-refractivity contribution in [2.24, 2.45) is 5.92 Å². The van der Waals surface area contributed by atoms with Crippen molar-refractivity contribution in [1.82, 2.24) is 4.90 Å². The number of likely N-dealkylation sites (tertiary alicyclic amines) is 1. The Labute approximate surface area is 104 Å². The lowest BCUT2D eigenvalue weighted by atomic mass is 10.0. The molecule has 0 radical (unpaired) electrons. The highest BCUT2D eigenvalue weighted by Gasteiger charge is 2.21. The molecule has 17 heavy (non-hydrogen) atoms. The number of benzene rings is 1. The molecule has 0 bridgehead atoms. The molecule has 1 saturated heterocycles. The van der Waals surface area contributed by atoms with E-state index in [1.165, 1.54) is 11.1 Å². The fraction of sp³-hybridized carbons (Fsp3) is 0.600. The molecule has 2 heteroatoms. The maximum atomic E-state index is 9.12. The molecule has 1 atom stereocenters. The van der Waals surface area contributed by atoms with Crippen LogP contribution in [0, 0.1) is 5.92 Å². The van der Waals surface area contributed by atoms with Gasteiger partial charge in [-0.3, -0.25) is 4.90 Å². The summed E-state index contributed by atoms with van der Waals surface area (Å²) in [6.07, 6.45) is 1.14. The van der Waals surface area contributed by atoms with Gasteiger partial charge in [-0.2, -0.15) is 0 Å². The highest BCUT2D eigenvalue weighted by atomic mass is 16.3. The first-order valence-electron chi connectivity index (χ1n) is 6.61. The highest BCUT2D eigenvalue weighted by molar-refractivity contribution is 5.24. The molecule has 94 valence electrons. The first-order chi connectivity index (χ1) is 8.19. The van der Waals surface area contributed by atoms with Gasteiger partial charge in [0.25, 0.3) is 0 Å². The number of nitrogens with zero attached hydrogens (tertiary/aromatic N) is 1. The molecule has 0 aliphatic carbocycles. The van der Waals surface area contributed by atoms with Crippen LogP contribution in [0.25, 0.3) is 0 Å². The van der Waals surface area contributed by atoms with E-state index in [0.29, 0.717) is 18.4 Å². The SMILES string of the molecule is CC(C)c1ccc(CN2CCC(CO)C2)cc1. The molecule has 1 aromatic rings. The third-order valence-electron chi connectivity index (χ3n) is 3.68. The number of rotatable bonds is 4. The first kappa shape index (κ1) is 12.6. The van der Waals surface area contributed by atoms with Crippen molar-refractivity contribution in [2.75, 3.05) is 19.7 Å². The number of hydrogen-bond acceptors (Lipinski definition) is 2. The molecule has 0 saturated carbocycles. The second kappa shape index (κ2) is 5.65. The Morgan fingerprint density at radius 1 is 1.29 bits per heavy atom. The van der Waals surface area contributed by atoms with Gasteiger partial charge in [-0.25, -0.2) is 0 Å². The Morgan fingerprint density at radius 3 is 2.53 bits per heavy atom. The van der Waals surface area contributed by atoms with Gasteiger partial charge in [0.15, 0.2) is 0 Å². The van der Waals surface area contributed by atoms with Crippen LogP contribution in [-0.4, -0.2) is 29.7 Å². The summed E-state index contributed by atoms with van der Waals surface area (Å²) < 4.78 is 0. The topological polar surface area (TPSA) is 23.5 Å². The minimum Gasteiger partial charge on any atom is -0.396 e. The van der Waals surface area contributed by atoms with Crippen molar-refractivity contribution in [1.29, 1.82) is 0 Å². The van der Waals surface area contributed by atoms with Crippen molar-refractivity contribution in [3.63, 3.8) is 0 Å². The number of aliphatic hydroxyl groups is 1. The van der Waals surface area contributed by atoms with Gasteiger partial charge in [0.1, 0.15) is 0 Å². The summed E-state index contributed by atoms with van der Waals surface area (Å²) in [5.74, 6) is 1.10. The van der Waals surface area contributed by atoms with Crippen LogP contribution in [0.4, 0.5) is 0 Å². The molecule has 1 aromatic carbocycles. The average molecular weight is 233 g/mol. The van der Waals surface area contributed by atoms with Crippen molar-refractivity contribution < 1.29 is 5.11 Å². The molecule has 1 aliphatic rings. The molecular weight excluding hydrogens is 210 g/mol. The summed E-state index contributed by atoms with van der Waals surface area (Å²) in [6, 6.07) is 8.95. The van der Waals surface area contributed by atoms with E-state index < -0.39 is 0 Å². The second-order valence-corrected chi connectivity index (χ2v) is 5.47. The minimum atomic E-state index is 0.336. The highest BCUT2D eigenvalue weighted by Crippen LogP contribution is 2.19. The predicted octanol–water partition coefficient (Wildman–Crippen LogP) is 2.62. The molecule has 1 unspecified atom stereocenters. The van der Waals surface area contributed by atoms with Crippen molar-refractivity contribution in [3.05, 3.63) is 35.4 Å². The van der Waals surface area contributed by atoms with E-state index in [1.54, 1.807) is 0 Å². The van der Waals surface area contributed by atoms with Crippen LogP contribution in [0.3, 0.4) is 0 Å². The van der Waals surface area contributed by atoms with Crippen LogP contribution in [0.15, 0.2) is 24.3 Å². The van der Waals surface area contributed by atoms with Crippen LogP contribution >= 0.6 is 0 Å². The number of aliphatic hydroxyl groups excluding tert-OH is 1. The average Bonchev–Trinajstić information content (AvgIpc) is 2.77. The Hall–Kier alpha value is -0.860. The Morgan fingerprint density at radius 2 is 2.00 bits per heavy atom. The van der Waals surface area contributed by atoms with E-state index in [9.17, 15) is 0 Å². The lowest BCUT2D eigenvalue weighted by molar-refractivity contribution is 0.220. The van der Waals surface area contributed by atoms with Crippen molar-refractivity contribution >= 4 is 0 Å². The third-order valence-corrected chi connectivity index (χ3v) is 3.68. The van der Waals surface area contributed by atoms with E-state index in [-0.39, 0.29) is 0 Å². The summed E-state index contributed by atoms with van der Waals surface area (Å²) in [7, 11) is 0. The molecule has 1 heterocycles. The van der Waals surface area contributed by atoms with Crippen LogP contribution < -0.4 is 0 Å². The van der Waals surface area contributed by atoms with Crippen LogP contribution in [0.1, 0.15) is 37.3 Å². The summed E-state index contributed by atoms with van der Waals surface area (Å²) in [5.41, 5.74) is 2.79. The molecule has 2 nitrogen and oxygen atoms in total. The fourth-order valence-corrected chi connectivity index (χ4v) is 2.47. The smallest absolute Gasteiger partial charge is 0.0471 e. The van der Waals surface area contributed by atoms with Gasteiger partial charge < -0.3 is 5.11 Å². The zero-order valence-electron chi connectivity index (χ0n) is 10.9. The van der Waals surface area contributed by atoms with Crippen molar-refractivity contribution in [2.45, 2.75) is 32.7 Å². The standard InChI is InChI=1S/C15H23NO/c1-12(2)15-5-3-13(4-6-15)9-16-8-7-14(10-16)11-17/h3-6,12,14,17H,7-11H2,1-2H3. The van der Waals surface area contributed by atoms with Gasteiger partial charge >= 0.3 is 0 Å². The van der Waals surface area contributed by atoms with E-state index in [2.05, 4.69) is 43.0 Å².